The second kappa shape index (κ2) is 5.52. The molecule has 0 aromatic heterocycles. The smallest absolute Gasteiger partial charge is 0.0316 e. The molecule has 0 amide bonds. The van der Waals surface area contributed by atoms with Gasteiger partial charge in [-0.25, -0.2) is 0 Å². The van der Waals surface area contributed by atoms with Crippen LogP contribution in [0.1, 0.15) is 18.1 Å². The molecule has 1 aromatic rings. The van der Waals surface area contributed by atoms with E-state index in [0.29, 0.717) is 0 Å². The molecule has 0 unspecified atom stereocenters. The van der Waals surface area contributed by atoms with Crippen LogP contribution < -0.4 is 5.73 Å². The first-order valence-electron chi connectivity index (χ1n) is 6.48. The molecule has 0 bridgehead atoms. The largest absolute Gasteiger partial charge is 0.399 e. The van der Waals surface area contributed by atoms with Crippen LogP contribution in [-0.4, -0.2) is 42.5 Å². The summed E-state index contributed by atoms with van der Waals surface area (Å²) in [4.78, 5) is 5.04. The van der Waals surface area contributed by atoms with Gasteiger partial charge in [-0.2, -0.15) is 0 Å². The van der Waals surface area contributed by atoms with E-state index in [-0.39, 0.29) is 0 Å². The van der Waals surface area contributed by atoms with Gasteiger partial charge in [-0.05, 0) is 36.7 Å². The van der Waals surface area contributed by atoms with Crippen LogP contribution in [0.5, 0.6) is 0 Å². The van der Waals surface area contributed by atoms with Gasteiger partial charge in [0.1, 0.15) is 0 Å². The molecule has 3 nitrogen and oxygen atoms in total. The first-order chi connectivity index (χ1) is 8.19. The highest BCUT2D eigenvalue weighted by Gasteiger charge is 2.15. The molecule has 0 aliphatic carbocycles. The van der Waals surface area contributed by atoms with E-state index in [1.54, 1.807) is 0 Å². The van der Waals surface area contributed by atoms with E-state index >= 15 is 0 Å². The summed E-state index contributed by atoms with van der Waals surface area (Å²) >= 11 is 0. The number of aryl methyl sites for hydroxylation is 1. The fraction of sp³-hybridized carbons (Fsp3) is 0.571. The summed E-state index contributed by atoms with van der Waals surface area (Å²) in [5.41, 5.74) is 9.35. The third-order valence-corrected chi connectivity index (χ3v) is 3.67. The Bertz CT molecular complexity index is 368. The van der Waals surface area contributed by atoms with Gasteiger partial charge in [-0.3, -0.25) is 4.90 Å². The molecule has 1 aromatic carbocycles. The van der Waals surface area contributed by atoms with E-state index in [1.165, 1.54) is 43.9 Å². The van der Waals surface area contributed by atoms with Crippen LogP contribution in [0.3, 0.4) is 0 Å². The Kier molecular flexibility index (Phi) is 4.02. The second-order valence-corrected chi connectivity index (χ2v) is 4.90. The van der Waals surface area contributed by atoms with Gasteiger partial charge in [0.25, 0.3) is 0 Å². The molecule has 1 saturated heterocycles. The van der Waals surface area contributed by atoms with Crippen molar-refractivity contribution in [3.8, 4) is 0 Å². The average Bonchev–Trinajstić information content (AvgIpc) is 2.34. The SMILES string of the molecule is CCN1CCN(Cc2ccc(N)cc2C)CC1. The number of rotatable bonds is 3. The topological polar surface area (TPSA) is 32.5 Å². The fourth-order valence-electron chi connectivity index (χ4n) is 2.40. The average molecular weight is 233 g/mol. The quantitative estimate of drug-likeness (QED) is 0.807. The minimum atomic E-state index is 0.863. The number of piperazine rings is 1. The van der Waals surface area contributed by atoms with Crippen LogP contribution in [0.2, 0.25) is 0 Å². The predicted molar refractivity (Wildman–Crippen MR) is 73.0 cm³/mol. The first-order valence-corrected chi connectivity index (χ1v) is 6.48. The molecule has 3 heteroatoms. The third kappa shape index (κ3) is 3.20. The van der Waals surface area contributed by atoms with Crippen LogP contribution in [-0.2, 0) is 6.54 Å². The van der Waals surface area contributed by atoms with Crippen molar-refractivity contribution in [2.45, 2.75) is 20.4 Å². The number of likely N-dealkylation sites (N-methyl/N-ethyl adjacent to an activating group) is 1. The Morgan fingerprint density at radius 3 is 2.35 bits per heavy atom. The highest BCUT2D eigenvalue weighted by atomic mass is 15.3. The van der Waals surface area contributed by atoms with E-state index < -0.39 is 0 Å². The predicted octanol–water partition coefficient (Wildman–Crippen LogP) is 1.71. The molecule has 1 aliphatic rings. The Balaban J connectivity index is 1.93. The molecule has 17 heavy (non-hydrogen) atoms. The lowest BCUT2D eigenvalue weighted by molar-refractivity contribution is 0.132. The van der Waals surface area contributed by atoms with Gasteiger partial charge in [0.05, 0.1) is 0 Å². The van der Waals surface area contributed by atoms with Crippen LogP contribution in [0.25, 0.3) is 0 Å². The zero-order valence-electron chi connectivity index (χ0n) is 10.9. The van der Waals surface area contributed by atoms with Crippen molar-refractivity contribution in [2.24, 2.45) is 0 Å². The zero-order chi connectivity index (χ0) is 12.3. The second-order valence-electron chi connectivity index (χ2n) is 4.90. The molecular weight excluding hydrogens is 210 g/mol. The van der Waals surface area contributed by atoms with Crippen molar-refractivity contribution >= 4 is 5.69 Å². The third-order valence-electron chi connectivity index (χ3n) is 3.67. The lowest BCUT2D eigenvalue weighted by Crippen LogP contribution is -2.45. The molecule has 2 N–H and O–H groups in total. The number of nitrogens with two attached hydrogens (primary N) is 1. The van der Waals surface area contributed by atoms with E-state index in [2.05, 4.69) is 35.8 Å². The van der Waals surface area contributed by atoms with Crippen molar-refractivity contribution in [1.82, 2.24) is 9.80 Å². The number of hydrogen-bond acceptors (Lipinski definition) is 3. The van der Waals surface area contributed by atoms with Crippen LogP contribution in [0, 0.1) is 6.92 Å². The monoisotopic (exact) mass is 233 g/mol. The lowest BCUT2D eigenvalue weighted by Gasteiger charge is -2.34. The Morgan fingerprint density at radius 2 is 1.76 bits per heavy atom. The van der Waals surface area contributed by atoms with Gasteiger partial charge in [0, 0.05) is 38.4 Å². The van der Waals surface area contributed by atoms with Gasteiger partial charge in [0.2, 0.25) is 0 Å². The van der Waals surface area contributed by atoms with Crippen LogP contribution in [0.4, 0.5) is 5.69 Å². The zero-order valence-corrected chi connectivity index (χ0v) is 10.9. The number of nitrogen functional groups attached to an aromatic ring is 1. The molecule has 0 atom stereocenters. The van der Waals surface area contributed by atoms with Gasteiger partial charge in [-0.1, -0.05) is 13.0 Å². The molecule has 0 spiro atoms. The van der Waals surface area contributed by atoms with Crippen molar-refractivity contribution < 1.29 is 0 Å². The van der Waals surface area contributed by atoms with Crippen molar-refractivity contribution in [3.05, 3.63) is 29.3 Å². The molecule has 0 radical (unpaired) electrons. The first kappa shape index (κ1) is 12.4. The summed E-state index contributed by atoms with van der Waals surface area (Å²) in [7, 11) is 0. The maximum absolute atomic E-state index is 5.78. The normalized spacial score (nSPS) is 18.5. The summed E-state index contributed by atoms with van der Waals surface area (Å²) < 4.78 is 0. The van der Waals surface area contributed by atoms with E-state index in [0.717, 1.165) is 12.2 Å². The van der Waals surface area contributed by atoms with Crippen LogP contribution in [0.15, 0.2) is 18.2 Å². The fourth-order valence-corrected chi connectivity index (χ4v) is 2.40. The maximum atomic E-state index is 5.78. The standard InChI is InChI=1S/C14H23N3/c1-3-16-6-8-17(9-7-16)11-13-4-5-14(15)10-12(13)2/h4-5,10H,3,6-9,11,15H2,1-2H3. The van der Waals surface area contributed by atoms with E-state index in [9.17, 15) is 0 Å². The molecule has 1 heterocycles. The van der Waals surface area contributed by atoms with Crippen molar-refractivity contribution in [2.75, 3.05) is 38.5 Å². The molecule has 0 saturated carbocycles. The summed E-state index contributed by atoms with van der Waals surface area (Å²) in [5.74, 6) is 0. The number of benzene rings is 1. The van der Waals surface area contributed by atoms with E-state index in [1.807, 2.05) is 6.07 Å². The molecule has 94 valence electrons. The van der Waals surface area contributed by atoms with Gasteiger partial charge >= 0.3 is 0 Å². The number of anilines is 1. The molecule has 1 aliphatic heterocycles. The minimum Gasteiger partial charge on any atom is -0.399 e. The molecule has 1 fully saturated rings. The summed E-state index contributed by atoms with van der Waals surface area (Å²) in [6.45, 7) is 11.4. The lowest BCUT2D eigenvalue weighted by atomic mass is 10.1. The Hall–Kier alpha value is -1.06. The van der Waals surface area contributed by atoms with Crippen molar-refractivity contribution in [1.29, 1.82) is 0 Å². The molecule has 2 rings (SSSR count). The van der Waals surface area contributed by atoms with Gasteiger partial charge in [-0.15, -0.1) is 0 Å². The minimum absolute atomic E-state index is 0.863. The van der Waals surface area contributed by atoms with Crippen LogP contribution >= 0.6 is 0 Å². The Labute approximate surface area is 104 Å². The van der Waals surface area contributed by atoms with Crippen molar-refractivity contribution in [3.63, 3.8) is 0 Å². The van der Waals surface area contributed by atoms with Gasteiger partial charge < -0.3 is 10.6 Å². The van der Waals surface area contributed by atoms with E-state index in [4.69, 9.17) is 5.73 Å². The van der Waals surface area contributed by atoms with Gasteiger partial charge in [0.15, 0.2) is 0 Å². The maximum Gasteiger partial charge on any atom is 0.0316 e. The highest BCUT2D eigenvalue weighted by Crippen LogP contribution is 2.15. The summed E-state index contributed by atoms with van der Waals surface area (Å²) in [6, 6.07) is 6.24. The summed E-state index contributed by atoms with van der Waals surface area (Å²) in [6.07, 6.45) is 0. The Morgan fingerprint density at radius 1 is 1.12 bits per heavy atom. The molecular formula is C14H23N3. The number of hydrogen-bond donors (Lipinski definition) is 1. The highest BCUT2D eigenvalue weighted by molar-refractivity contribution is 5.44. The summed E-state index contributed by atoms with van der Waals surface area (Å²) in [5, 5.41) is 0. The number of nitrogens with zero attached hydrogens (tertiary/aromatic N) is 2.